The Labute approximate surface area is 196 Å². The number of hydrogen-bond donors (Lipinski definition) is 1. The number of ether oxygens (including phenoxy) is 3. The molecule has 1 N–H and O–H groups in total. The summed E-state index contributed by atoms with van der Waals surface area (Å²) < 4.78 is 17.3. The molecule has 1 saturated heterocycles. The van der Waals surface area contributed by atoms with E-state index in [9.17, 15) is 4.79 Å². The Morgan fingerprint density at radius 3 is 2.79 bits per heavy atom. The first kappa shape index (κ1) is 23.6. The van der Waals surface area contributed by atoms with Crippen LogP contribution in [-0.2, 0) is 16.0 Å². The van der Waals surface area contributed by atoms with Gasteiger partial charge >= 0.3 is 0 Å². The van der Waals surface area contributed by atoms with Crippen LogP contribution in [0.4, 0.5) is 5.82 Å². The number of carbonyl (C=O) groups is 1. The number of fused-ring (bicyclic) bond motifs is 3. The molecule has 0 bridgehead atoms. The van der Waals surface area contributed by atoms with Crippen molar-refractivity contribution in [2.24, 2.45) is 5.41 Å². The zero-order chi connectivity index (χ0) is 23.6. The number of rotatable bonds is 10. The van der Waals surface area contributed by atoms with Gasteiger partial charge in [0.05, 0.1) is 19.2 Å². The first-order chi connectivity index (χ1) is 15.8. The number of nitrogens with one attached hydrogen (secondary N) is 1. The molecule has 1 aliphatic heterocycles. The lowest BCUT2D eigenvalue weighted by atomic mass is 9.93. The Hall–Kier alpha value is -2.54. The van der Waals surface area contributed by atoms with Gasteiger partial charge in [0.1, 0.15) is 11.9 Å². The summed E-state index contributed by atoms with van der Waals surface area (Å²) in [6.45, 7) is 13.4. The van der Waals surface area contributed by atoms with Gasteiger partial charge in [0.2, 0.25) is 0 Å². The fourth-order valence-electron chi connectivity index (χ4n) is 5.13. The summed E-state index contributed by atoms with van der Waals surface area (Å²) in [6.07, 6.45) is 3.53. The number of aromatic nitrogens is 1. The number of anilines is 1. The molecule has 1 fully saturated rings. The Morgan fingerprint density at radius 2 is 2.12 bits per heavy atom. The van der Waals surface area contributed by atoms with Gasteiger partial charge in [0.25, 0.3) is 6.47 Å². The highest BCUT2D eigenvalue weighted by Crippen LogP contribution is 2.44. The smallest absolute Gasteiger partial charge is 0.293 e. The number of pyridine rings is 1. The van der Waals surface area contributed by atoms with Gasteiger partial charge in [-0.2, -0.15) is 0 Å². The van der Waals surface area contributed by atoms with Gasteiger partial charge in [0, 0.05) is 41.7 Å². The number of likely N-dealkylation sites (tertiary alicyclic amines) is 1. The van der Waals surface area contributed by atoms with E-state index in [1.165, 1.54) is 6.42 Å². The Morgan fingerprint density at radius 1 is 1.30 bits per heavy atom. The van der Waals surface area contributed by atoms with E-state index in [4.69, 9.17) is 19.2 Å². The van der Waals surface area contributed by atoms with E-state index >= 15 is 0 Å². The minimum absolute atomic E-state index is 0.245. The lowest BCUT2D eigenvalue weighted by Gasteiger charge is -2.20. The standard InChI is InChI=1S/C26H37N3O4/c1-17(2)27-25-18-7-8-21(33-16-30)24(18)19-13-22(31-5)23(14-20(19)28-25)32-12-6-10-29-11-9-26(3,4)15-29/h13-14,16-17,21H,6-12,15H2,1-5H3,(H,27,28). The van der Waals surface area contributed by atoms with Crippen LogP contribution in [0.3, 0.4) is 0 Å². The van der Waals surface area contributed by atoms with Crippen molar-refractivity contribution < 1.29 is 19.0 Å². The van der Waals surface area contributed by atoms with Crippen molar-refractivity contribution in [2.45, 2.75) is 65.5 Å². The molecule has 0 spiro atoms. The fraction of sp³-hybridized carbons (Fsp3) is 0.615. The summed E-state index contributed by atoms with van der Waals surface area (Å²) in [5, 5.41) is 4.42. The molecule has 1 aromatic heterocycles. The third-order valence-electron chi connectivity index (χ3n) is 6.67. The summed E-state index contributed by atoms with van der Waals surface area (Å²) in [7, 11) is 1.65. The third kappa shape index (κ3) is 5.18. The molecule has 4 rings (SSSR count). The maximum Gasteiger partial charge on any atom is 0.293 e. The van der Waals surface area contributed by atoms with E-state index in [-0.39, 0.29) is 12.1 Å². The maximum absolute atomic E-state index is 11.1. The van der Waals surface area contributed by atoms with Crippen molar-refractivity contribution in [1.82, 2.24) is 9.88 Å². The van der Waals surface area contributed by atoms with Gasteiger partial charge in [-0.1, -0.05) is 13.8 Å². The summed E-state index contributed by atoms with van der Waals surface area (Å²) in [6, 6.07) is 4.18. The number of methoxy groups -OCH3 is 1. The molecule has 7 heteroatoms. The SMILES string of the molecule is COc1cc2c3c(c(NC(C)C)nc2cc1OCCCN1CCC(C)(C)C1)CCC3OC=O. The van der Waals surface area contributed by atoms with Gasteiger partial charge in [0.15, 0.2) is 11.5 Å². The normalized spacial score (nSPS) is 19.6. The molecule has 1 aromatic carbocycles. The monoisotopic (exact) mass is 455 g/mol. The molecule has 2 heterocycles. The van der Waals surface area contributed by atoms with Crippen LogP contribution >= 0.6 is 0 Å². The molecule has 0 radical (unpaired) electrons. The van der Waals surface area contributed by atoms with Gasteiger partial charge in [-0.05, 0) is 57.6 Å². The number of nitrogens with zero attached hydrogens (tertiary/aromatic N) is 2. The predicted molar refractivity (Wildman–Crippen MR) is 130 cm³/mol. The summed E-state index contributed by atoms with van der Waals surface area (Å²) in [5.74, 6) is 2.23. The molecular formula is C26H37N3O4. The number of benzene rings is 1. The minimum atomic E-state index is -0.267. The molecule has 1 aliphatic carbocycles. The Balaban J connectivity index is 1.58. The van der Waals surface area contributed by atoms with E-state index in [0.717, 1.165) is 66.7 Å². The molecule has 1 unspecified atom stereocenters. The van der Waals surface area contributed by atoms with Crippen LogP contribution < -0.4 is 14.8 Å². The number of carbonyl (C=O) groups excluding carboxylic acids is 1. The van der Waals surface area contributed by atoms with E-state index in [0.29, 0.717) is 30.0 Å². The first-order valence-corrected chi connectivity index (χ1v) is 12.1. The third-order valence-corrected chi connectivity index (χ3v) is 6.67. The molecule has 7 nitrogen and oxygen atoms in total. The molecule has 2 aliphatic rings. The molecule has 0 saturated carbocycles. The van der Waals surface area contributed by atoms with Crippen LogP contribution in [0.15, 0.2) is 12.1 Å². The van der Waals surface area contributed by atoms with Crippen LogP contribution in [0.25, 0.3) is 10.9 Å². The second-order valence-electron chi connectivity index (χ2n) is 10.3. The molecule has 1 atom stereocenters. The van der Waals surface area contributed by atoms with Crippen LogP contribution in [0.1, 0.15) is 64.2 Å². The summed E-state index contributed by atoms with van der Waals surface area (Å²) in [5.41, 5.74) is 3.38. The van der Waals surface area contributed by atoms with Crippen LogP contribution in [0.2, 0.25) is 0 Å². The highest BCUT2D eigenvalue weighted by Gasteiger charge is 2.31. The molecule has 33 heavy (non-hydrogen) atoms. The molecule has 180 valence electrons. The zero-order valence-corrected chi connectivity index (χ0v) is 20.6. The van der Waals surface area contributed by atoms with Crippen LogP contribution in [0.5, 0.6) is 11.5 Å². The first-order valence-electron chi connectivity index (χ1n) is 12.1. The molecule has 2 aromatic rings. The van der Waals surface area contributed by atoms with Crippen LogP contribution in [-0.4, -0.2) is 55.7 Å². The van der Waals surface area contributed by atoms with Crippen molar-refractivity contribution >= 4 is 23.2 Å². The van der Waals surface area contributed by atoms with Gasteiger partial charge in [-0.3, -0.25) is 4.79 Å². The maximum atomic E-state index is 11.1. The summed E-state index contributed by atoms with van der Waals surface area (Å²) in [4.78, 5) is 18.6. The number of hydrogen-bond acceptors (Lipinski definition) is 7. The van der Waals surface area contributed by atoms with Crippen molar-refractivity contribution in [2.75, 3.05) is 38.7 Å². The lowest BCUT2D eigenvalue weighted by Crippen LogP contribution is -2.25. The van der Waals surface area contributed by atoms with Gasteiger partial charge in [-0.25, -0.2) is 4.98 Å². The highest BCUT2D eigenvalue weighted by atomic mass is 16.5. The minimum Gasteiger partial charge on any atom is -0.493 e. The quantitative estimate of drug-likeness (QED) is 0.410. The average molecular weight is 456 g/mol. The van der Waals surface area contributed by atoms with Gasteiger partial charge < -0.3 is 24.4 Å². The Bertz CT molecular complexity index is 1000. The summed E-state index contributed by atoms with van der Waals surface area (Å²) >= 11 is 0. The van der Waals surface area contributed by atoms with E-state index in [1.54, 1.807) is 7.11 Å². The molecular weight excluding hydrogens is 418 g/mol. The average Bonchev–Trinajstić information content (AvgIpc) is 3.34. The van der Waals surface area contributed by atoms with Crippen molar-refractivity contribution in [3.05, 3.63) is 23.3 Å². The van der Waals surface area contributed by atoms with Crippen molar-refractivity contribution in [1.29, 1.82) is 0 Å². The highest BCUT2D eigenvalue weighted by molar-refractivity contribution is 5.90. The topological polar surface area (TPSA) is 72.9 Å². The van der Waals surface area contributed by atoms with E-state index < -0.39 is 0 Å². The molecule has 0 amide bonds. The second kappa shape index (κ2) is 9.75. The lowest BCUT2D eigenvalue weighted by molar-refractivity contribution is -0.133. The second-order valence-corrected chi connectivity index (χ2v) is 10.3. The fourth-order valence-corrected chi connectivity index (χ4v) is 5.13. The van der Waals surface area contributed by atoms with Crippen molar-refractivity contribution in [3.8, 4) is 11.5 Å². The van der Waals surface area contributed by atoms with E-state index in [1.807, 2.05) is 12.1 Å². The zero-order valence-electron chi connectivity index (χ0n) is 20.6. The van der Waals surface area contributed by atoms with Crippen LogP contribution in [0, 0.1) is 5.41 Å². The predicted octanol–water partition coefficient (Wildman–Crippen LogP) is 4.72. The Kier molecular flexibility index (Phi) is 6.98. The van der Waals surface area contributed by atoms with E-state index in [2.05, 4.69) is 37.9 Å². The van der Waals surface area contributed by atoms with Gasteiger partial charge in [-0.15, -0.1) is 0 Å². The van der Waals surface area contributed by atoms with Crippen molar-refractivity contribution in [3.63, 3.8) is 0 Å². The largest absolute Gasteiger partial charge is 0.493 e.